The predicted molar refractivity (Wildman–Crippen MR) is 90.8 cm³/mol. The van der Waals surface area contributed by atoms with Gasteiger partial charge in [-0.3, -0.25) is 9.59 Å². The number of rotatable bonds is 4. The molecule has 1 aliphatic rings. The molecule has 136 valence electrons. The van der Waals surface area contributed by atoms with Crippen LogP contribution in [0.25, 0.3) is 0 Å². The molecule has 0 atom stereocenters. The second kappa shape index (κ2) is 7.95. The highest BCUT2D eigenvalue weighted by Crippen LogP contribution is 2.14. The van der Waals surface area contributed by atoms with Gasteiger partial charge in [0.15, 0.2) is 6.61 Å². The summed E-state index contributed by atoms with van der Waals surface area (Å²) in [6.07, 6.45) is 0. The van der Waals surface area contributed by atoms with Crippen LogP contribution in [0.5, 0.6) is 5.75 Å². The van der Waals surface area contributed by atoms with Crippen molar-refractivity contribution in [2.75, 3.05) is 32.8 Å². The van der Waals surface area contributed by atoms with Crippen LogP contribution < -0.4 is 4.74 Å². The predicted octanol–water partition coefficient (Wildman–Crippen LogP) is 2.33. The Balaban J connectivity index is 1.52. The lowest BCUT2D eigenvalue weighted by Crippen LogP contribution is -2.51. The topological polar surface area (TPSA) is 49.9 Å². The number of amides is 2. The summed E-state index contributed by atoms with van der Waals surface area (Å²) in [6, 6.07) is 11.9. The van der Waals surface area contributed by atoms with Gasteiger partial charge in [0.1, 0.15) is 17.4 Å². The average molecular weight is 360 g/mol. The molecule has 7 heteroatoms. The summed E-state index contributed by atoms with van der Waals surface area (Å²) in [6.45, 7) is 1.17. The van der Waals surface area contributed by atoms with Crippen molar-refractivity contribution in [1.29, 1.82) is 0 Å². The quantitative estimate of drug-likeness (QED) is 0.841. The molecule has 2 aromatic rings. The fraction of sp³-hybridized carbons (Fsp3) is 0.263. The highest BCUT2D eigenvalue weighted by Gasteiger charge is 2.26. The number of carbonyl (C=O) groups is 2. The van der Waals surface area contributed by atoms with E-state index in [0.29, 0.717) is 24.9 Å². The van der Waals surface area contributed by atoms with Crippen LogP contribution in [0.3, 0.4) is 0 Å². The minimum absolute atomic E-state index is 0.0788. The second-order valence-electron chi connectivity index (χ2n) is 5.90. The van der Waals surface area contributed by atoms with Gasteiger partial charge in [0.25, 0.3) is 11.8 Å². The zero-order valence-corrected chi connectivity index (χ0v) is 14.0. The van der Waals surface area contributed by atoms with E-state index in [1.807, 2.05) is 18.2 Å². The monoisotopic (exact) mass is 360 g/mol. The smallest absolute Gasteiger partial charge is 0.260 e. The standard InChI is InChI=1S/C19H18F2N2O3/c20-14-6-7-16(17(21)12-14)19(25)23-10-8-22(9-11-23)18(24)13-26-15-4-2-1-3-5-15/h1-7,12H,8-11,13H2. The van der Waals surface area contributed by atoms with Crippen LogP contribution in [0.1, 0.15) is 10.4 Å². The van der Waals surface area contributed by atoms with E-state index in [2.05, 4.69) is 0 Å². The Morgan fingerprint density at radius 3 is 2.23 bits per heavy atom. The highest BCUT2D eigenvalue weighted by molar-refractivity contribution is 5.94. The molecule has 26 heavy (non-hydrogen) atoms. The number of hydrogen-bond acceptors (Lipinski definition) is 3. The van der Waals surface area contributed by atoms with Gasteiger partial charge in [-0.2, -0.15) is 0 Å². The maximum atomic E-state index is 13.8. The third-order valence-electron chi connectivity index (χ3n) is 4.19. The Hall–Kier alpha value is -2.96. The minimum Gasteiger partial charge on any atom is -0.484 e. The van der Waals surface area contributed by atoms with Gasteiger partial charge in [0.2, 0.25) is 0 Å². The molecule has 3 rings (SSSR count). The van der Waals surface area contributed by atoms with E-state index in [-0.39, 0.29) is 31.2 Å². The number of para-hydroxylation sites is 1. The van der Waals surface area contributed by atoms with Crippen LogP contribution in [0.4, 0.5) is 8.78 Å². The molecule has 0 N–H and O–H groups in total. The Labute approximate surface area is 149 Å². The summed E-state index contributed by atoms with van der Waals surface area (Å²) >= 11 is 0. The lowest BCUT2D eigenvalue weighted by atomic mass is 10.1. The summed E-state index contributed by atoms with van der Waals surface area (Å²) in [5.41, 5.74) is -0.168. The Bertz CT molecular complexity index is 791. The first-order valence-corrected chi connectivity index (χ1v) is 8.24. The van der Waals surface area contributed by atoms with E-state index < -0.39 is 17.5 Å². The van der Waals surface area contributed by atoms with Crippen molar-refractivity contribution in [3.05, 3.63) is 65.7 Å². The molecular formula is C19H18F2N2O3. The maximum absolute atomic E-state index is 13.8. The zero-order chi connectivity index (χ0) is 18.5. The van der Waals surface area contributed by atoms with E-state index in [9.17, 15) is 18.4 Å². The molecule has 5 nitrogen and oxygen atoms in total. The third-order valence-corrected chi connectivity index (χ3v) is 4.19. The summed E-state index contributed by atoms with van der Waals surface area (Å²) < 4.78 is 32.2. The molecule has 1 fully saturated rings. The molecule has 0 spiro atoms. The van der Waals surface area contributed by atoms with Gasteiger partial charge in [-0.05, 0) is 24.3 Å². The van der Waals surface area contributed by atoms with Crippen LogP contribution in [0, 0.1) is 11.6 Å². The van der Waals surface area contributed by atoms with Crippen molar-refractivity contribution in [2.24, 2.45) is 0 Å². The lowest BCUT2D eigenvalue weighted by Gasteiger charge is -2.34. The molecule has 2 aromatic carbocycles. The van der Waals surface area contributed by atoms with Gasteiger partial charge in [-0.1, -0.05) is 18.2 Å². The van der Waals surface area contributed by atoms with Crippen LogP contribution in [-0.2, 0) is 4.79 Å². The van der Waals surface area contributed by atoms with Gasteiger partial charge < -0.3 is 14.5 Å². The number of benzene rings is 2. The van der Waals surface area contributed by atoms with E-state index in [1.54, 1.807) is 17.0 Å². The van der Waals surface area contributed by atoms with E-state index in [1.165, 1.54) is 4.90 Å². The summed E-state index contributed by atoms with van der Waals surface area (Å²) in [7, 11) is 0. The van der Waals surface area contributed by atoms with Crippen molar-refractivity contribution in [3.8, 4) is 5.75 Å². The molecule has 0 aromatic heterocycles. The van der Waals surface area contributed by atoms with Crippen LogP contribution in [-0.4, -0.2) is 54.4 Å². The van der Waals surface area contributed by atoms with Gasteiger partial charge >= 0.3 is 0 Å². The Kier molecular flexibility index (Phi) is 5.46. The molecule has 2 amide bonds. The first-order chi connectivity index (χ1) is 12.5. The SMILES string of the molecule is O=C(COc1ccccc1)N1CCN(C(=O)c2ccc(F)cc2F)CC1. The van der Waals surface area contributed by atoms with Gasteiger partial charge in [-0.25, -0.2) is 8.78 Å². The zero-order valence-electron chi connectivity index (χ0n) is 14.0. The number of halogens is 2. The lowest BCUT2D eigenvalue weighted by molar-refractivity contribution is -0.134. The Morgan fingerprint density at radius 2 is 1.58 bits per heavy atom. The van der Waals surface area contributed by atoms with Crippen molar-refractivity contribution < 1.29 is 23.1 Å². The number of hydrogen-bond donors (Lipinski definition) is 0. The van der Waals surface area contributed by atoms with E-state index >= 15 is 0 Å². The molecule has 0 bridgehead atoms. The normalized spacial score (nSPS) is 14.2. The first kappa shape index (κ1) is 17.8. The van der Waals surface area contributed by atoms with Crippen LogP contribution in [0.2, 0.25) is 0 Å². The fourth-order valence-corrected chi connectivity index (χ4v) is 2.75. The van der Waals surface area contributed by atoms with Crippen molar-refractivity contribution in [2.45, 2.75) is 0 Å². The van der Waals surface area contributed by atoms with Gasteiger partial charge in [0, 0.05) is 32.2 Å². The minimum atomic E-state index is -0.884. The molecule has 0 aliphatic carbocycles. The molecule has 0 unspecified atom stereocenters. The van der Waals surface area contributed by atoms with Crippen molar-refractivity contribution in [1.82, 2.24) is 9.80 Å². The highest BCUT2D eigenvalue weighted by atomic mass is 19.1. The van der Waals surface area contributed by atoms with Gasteiger partial charge in [0.05, 0.1) is 5.56 Å². The summed E-state index contributed by atoms with van der Waals surface area (Å²) in [5, 5.41) is 0. The number of carbonyl (C=O) groups excluding carboxylic acids is 2. The Morgan fingerprint density at radius 1 is 0.923 bits per heavy atom. The largest absolute Gasteiger partial charge is 0.484 e. The number of piperazine rings is 1. The molecule has 1 heterocycles. The summed E-state index contributed by atoms with van der Waals surface area (Å²) in [4.78, 5) is 27.6. The first-order valence-electron chi connectivity index (χ1n) is 8.24. The molecular weight excluding hydrogens is 342 g/mol. The van der Waals surface area contributed by atoms with E-state index in [4.69, 9.17) is 4.74 Å². The van der Waals surface area contributed by atoms with E-state index in [0.717, 1.165) is 12.1 Å². The molecule has 0 radical (unpaired) electrons. The van der Waals surface area contributed by atoms with Crippen LogP contribution in [0.15, 0.2) is 48.5 Å². The van der Waals surface area contributed by atoms with Gasteiger partial charge in [-0.15, -0.1) is 0 Å². The number of nitrogens with zero attached hydrogens (tertiary/aromatic N) is 2. The van der Waals surface area contributed by atoms with Crippen molar-refractivity contribution >= 4 is 11.8 Å². The number of ether oxygens (including phenoxy) is 1. The molecule has 1 aliphatic heterocycles. The average Bonchev–Trinajstić information content (AvgIpc) is 2.66. The molecule has 1 saturated heterocycles. The van der Waals surface area contributed by atoms with Crippen molar-refractivity contribution in [3.63, 3.8) is 0 Å². The summed E-state index contributed by atoms with van der Waals surface area (Å²) in [5.74, 6) is -1.68. The molecule has 0 saturated carbocycles. The maximum Gasteiger partial charge on any atom is 0.260 e. The fourth-order valence-electron chi connectivity index (χ4n) is 2.75. The second-order valence-corrected chi connectivity index (χ2v) is 5.90. The van der Waals surface area contributed by atoms with Crippen LogP contribution >= 0.6 is 0 Å². The third kappa shape index (κ3) is 4.17.